The zero-order valence-corrected chi connectivity index (χ0v) is 15.7. The molecule has 1 N–H and O–H groups in total. The van der Waals surface area contributed by atoms with Crippen molar-refractivity contribution in [3.63, 3.8) is 0 Å². The third-order valence-corrected chi connectivity index (χ3v) is 4.61. The Morgan fingerprint density at radius 3 is 2.48 bits per heavy atom. The molecule has 3 aromatic carbocycles. The average molecular weight is 387 g/mol. The third-order valence-electron chi connectivity index (χ3n) is 4.61. The molecule has 1 aromatic heterocycles. The Bertz CT molecular complexity index is 1250. The summed E-state index contributed by atoms with van der Waals surface area (Å²) in [5.74, 6) is -0.0117. The first kappa shape index (κ1) is 18.6. The maximum Gasteiger partial charge on any atom is 0.266 e. The molecule has 0 unspecified atom stereocenters. The van der Waals surface area contributed by atoms with E-state index in [-0.39, 0.29) is 23.7 Å². The smallest absolute Gasteiger partial charge is 0.266 e. The molecule has 4 aromatic rings. The van der Waals surface area contributed by atoms with Crippen molar-refractivity contribution < 1.29 is 9.18 Å². The lowest BCUT2D eigenvalue weighted by atomic mass is 10.1. The highest BCUT2D eigenvalue weighted by molar-refractivity contribution is 5.94. The van der Waals surface area contributed by atoms with Crippen molar-refractivity contribution in [3.8, 4) is 5.69 Å². The van der Waals surface area contributed by atoms with Gasteiger partial charge in [0.15, 0.2) is 0 Å². The lowest BCUT2D eigenvalue weighted by Gasteiger charge is -2.12. The van der Waals surface area contributed by atoms with Gasteiger partial charge < -0.3 is 5.32 Å². The zero-order valence-electron chi connectivity index (χ0n) is 15.7. The Balaban J connectivity index is 1.65. The minimum absolute atomic E-state index is 0.110. The molecule has 0 fully saturated rings. The van der Waals surface area contributed by atoms with Crippen LogP contribution < -0.4 is 10.9 Å². The van der Waals surface area contributed by atoms with Gasteiger partial charge in [-0.2, -0.15) is 0 Å². The van der Waals surface area contributed by atoms with Crippen LogP contribution in [0.25, 0.3) is 16.6 Å². The van der Waals surface area contributed by atoms with Crippen LogP contribution in [0.5, 0.6) is 0 Å². The van der Waals surface area contributed by atoms with Crippen LogP contribution in [0.2, 0.25) is 0 Å². The lowest BCUT2D eigenvalue weighted by Crippen LogP contribution is -2.22. The number of fused-ring (bicyclic) bond motifs is 1. The zero-order chi connectivity index (χ0) is 20.4. The largest absolute Gasteiger partial charge is 0.326 e. The molecule has 29 heavy (non-hydrogen) atoms. The molecule has 0 aliphatic carbocycles. The summed E-state index contributed by atoms with van der Waals surface area (Å²) in [4.78, 5) is 29.9. The highest BCUT2D eigenvalue weighted by atomic mass is 19.1. The quantitative estimate of drug-likeness (QED) is 0.575. The van der Waals surface area contributed by atoms with Crippen LogP contribution in [-0.2, 0) is 11.2 Å². The molecular formula is C23H18FN3O2. The number of nitrogens with one attached hydrogen (secondary N) is 1. The number of para-hydroxylation sites is 1. The van der Waals surface area contributed by atoms with E-state index >= 15 is 0 Å². The van der Waals surface area contributed by atoms with E-state index < -0.39 is 0 Å². The van der Waals surface area contributed by atoms with Crippen molar-refractivity contribution in [1.29, 1.82) is 0 Å². The highest BCUT2D eigenvalue weighted by Gasteiger charge is 2.11. The van der Waals surface area contributed by atoms with Crippen molar-refractivity contribution in [1.82, 2.24) is 9.55 Å². The topological polar surface area (TPSA) is 64.0 Å². The average Bonchev–Trinajstić information content (AvgIpc) is 2.71. The van der Waals surface area contributed by atoms with Crippen LogP contribution in [-0.4, -0.2) is 15.5 Å². The monoisotopic (exact) mass is 387 g/mol. The van der Waals surface area contributed by atoms with E-state index in [0.29, 0.717) is 28.0 Å². The second kappa shape index (κ2) is 7.67. The predicted molar refractivity (Wildman–Crippen MR) is 111 cm³/mol. The van der Waals surface area contributed by atoms with Gasteiger partial charge in [-0.15, -0.1) is 0 Å². The maximum absolute atomic E-state index is 13.1. The first-order valence-corrected chi connectivity index (χ1v) is 9.14. The van der Waals surface area contributed by atoms with Crippen LogP contribution in [0, 0.1) is 12.7 Å². The van der Waals surface area contributed by atoms with Crippen LogP contribution in [0.3, 0.4) is 0 Å². The van der Waals surface area contributed by atoms with Gasteiger partial charge in [-0.3, -0.25) is 14.2 Å². The van der Waals surface area contributed by atoms with Gasteiger partial charge in [0.1, 0.15) is 11.6 Å². The number of aromatic nitrogens is 2. The Morgan fingerprint density at radius 2 is 1.76 bits per heavy atom. The second-order valence-electron chi connectivity index (χ2n) is 6.72. The molecule has 0 bridgehead atoms. The number of hydrogen-bond donors (Lipinski definition) is 1. The predicted octanol–water partition coefficient (Wildman–Crippen LogP) is 4.01. The summed E-state index contributed by atoms with van der Waals surface area (Å²) in [7, 11) is 0. The fraction of sp³-hybridized carbons (Fsp3) is 0.0870. The number of anilines is 1. The Morgan fingerprint density at radius 1 is 1.03 bits per heavy atom. The summed E-state index contributed by atoms with van der Waals surface area (Å²) in [5, 5.41) is 3.21. The van der Waals surface area contributed by atoms with Gasteiger partial charge in [0.2, 0.25) is 5.91 Å². The van der Waals surface area contributed by atoms with Gasteiger partial charge in [0.05, 0.1) is 23.0 Å². The highest BCUT2D eigenvalue weighted by Crippen LogP contribution is 2.17. The minimum Gasteiger partial charge on any atom is -0.326 e. The standard InChI is InChI=1S/C23H18FN3O2/c1-15-25-21-12-11-18(26-22(28)13-16-7-9-17(24)10-8-16)14-20(21)23(29)27(15)19-5-3-2-4-6-19/h2-12,14H,13H2,1H3,(H,26,28). The number of aryl methyl sites for hydroxylation is 1. The van der Waals surface area contributed by atoms with Crippen molar-refractivity contribution in [3.05, 3.63) is 100 Å². The van der Waals surface area contributed by atoms with Gasteiger partial charge in [0.25, 0.3) is 5.56 Å². The molecule has 4 rings (SSSR count). The van der Waals surface area contributed by atoms with Gasteiger partial charge in [-0.1, -0.05) is 30.3 Å². The number of carbonyl (C=O) groups excluding carboxylic acids is 1. The number of hydrogen-bond acceptors (Lipinski definition) is 3. The SMILES string of the molecule is Cc1nc2ccc(NC(=O)Cc3ccc(F)cc3)cc2c(=O)n1-c1ccccc1. The molecular weight excluding hydrogens is 369 g/mol. The van der Waals surface area contributed by atoms with Gasteiger partial charge in [-0.25, -0.2) is 9.37 Å². The van der Waals surface area contributed by atoms with E-state index in [2.05, 4.69) is 10.3 Å². The van der Waals surface area contributed by atoms with Gasteiger partial charge >= 0.3 is 0 Å². The fourth-order valence-electron chi connectivity index (χ4n) is 3.25. The van der Waals surface area contributed by atoms with E-state index in [0.717, 1.165) is 5.69 Å². The Labute approximate surface area is 166 Å². The number of benzene rings is 3. The minimum atomic E-state index is -0.346. The van der Waals surface area contributed by atoms with Gasteiger partial charge in [0, 0.05) is 5.69 Å². The summed E-state index contributed by atoms with van der Waals surface area (Å²) in [6, 6.07) is 20.1. The van der Waals surface area contributed by atoms with E-state index in [1.165, 1.54) is 12.1 Å². The molecule has 5 nitrogen and oxygen atoms in total. The van der Waals surface area contributed by atoms with Crippen molar-refractivity contribution >= 4 is 22.5 Å². The molecule has 1 heterocycles. The first-order chi connectivity index (χ1) is 14.0. The molecule has 0 saturated heterocycles. The molecule has 144 valence electrons. The summed E-state index contributed by atoms with van der Waals surface area (Å²) in [6.07, 6.45) is 0.110. The number of rotatable bonds is 4. The second-order valence-corrected chi connectivity index (χ2v) is 6.72. The molecule has 0 spiro atoms. The van der Waals surface area contributed by atoms with E-state index in [4.69, 9.17) is 0 Å². The Kier molecular flexibility index (Phi) is 4.91. The summed E-state index contributed by atoms with van der Waals surface area (Å²) >= 11 is 0. The summed E-state index contributed by atoms with van der Waals surface area (Å²) < 4.78 is 14.6. The molecule has 0 aliphatic rings. The van der Waals surface area contributed by atoms with E-state index in [1.54, 1.807) is 41.8 Å². The van der Waals surface area contributed by atoms with Crippen molar-refractivity contribution in [2.75, 3.05) is 5.32 Å². The molecule has 0 saturated carbocycles. The number of carbonyl (C=O) groups is 1. The van der Waals surface area contributed by atoms with E-state index in [9.17, 15) is 14.0 Å². The van der Waals surface area contributed by atoms with Gasteiger partial charge in [-0.05, 0) is 55.0 Å². The number of nitrogens with zero attached hydrogens (tertiary/aromatic N) is 2. The summed E-state index contributed by atoms with van der Waals surface area (Å²) in [5.41, 5.74) is 2.31. The Hall–Kier alpha value is -3.80. The molecule has 0 atom stereocenters. The van der Waals surface area contributed by atoms with Crippen LogP contribution in [0.15, 0.2) is 77.6 Å². The van der Waals surface area contributed by atoms with Crippen LogP contribution >= 0.6 is 0 Å². The maximum atomic E-state index is 13.1. The summed E-state index contributed by atoms with van der Waals surface area (Å²) in [6.45, 7) is 1.78. The van der Waals surface area contributed by atoms with Crippen molar-refractivity contribution in [2.24, 2.45) is 0 Å². The molecule has 0 radical (unpaired) electrons. The lowest BCUT2D eigenvalue weighted by molar-refractivity contribution is -0.115. The molecule has 6 heteroatoms. The molecule has 0 aliphatic heterocycles. The first-order valence-electron chi connectivity index (χ1n) is 9.14. The molecule has 1 amide bonds. The number of amides is 1. The van der Waals surface area contributed by atoms with Crippen molar-refractivity contribution in [2.45, 2.75) is 13.3 Å². The number of halogens is 1. The van der Waals surface area contributed by atoms with E-state index in [1.807, 2.05) is 30.3 Å². The normalized spacial score (nSPS) is 10.8. The fourth-order valence-corrected chi connectivity index (χ4v) is 3.25. The third kappa shape index (κ3) is 3.91. The van der Waals surface area contributed by atoms with Crippen LogP contribution in [0.1, 0.15) is 11.4 Å². The van der Waals surface area contributed by atoms with Crippen LogP contribution in [0.4, 0.5) is 10.1 Å².